The average molecular weight is 401 g/mol. The standard InChI is InChI=1S/C21H28N4O2S/c1-4-5-6-14-27-17-11-9-16(10-12-17)23-21(28)24-20(26)18-8-7-13-22-19(18)15-25(2)3/h7-13H,4-6,14-15H2,1-3H3,(H2,23,24,26,28). The van der Waals surface area contributed by atoms with Crippen molar-refractivity contribution in [3.63, 3.8) is 0 Å². The number of carbonyl (C=O) groups excluding carboxylic acids is 1. The molecule has 0 aliphatic rings. The number of nitrogens with zero attached hydrogens (tertiary/aromatic N) is 2. The minimum absolute atomic E-state index is 0.237. The second-order valence-electron chi connectivity index (χ2n) is 6.72. The number of hydrogen-bond acceptors (Lipinski definition) is 5. The third kappa shape index (κ3) is 7.25. The summed E-state index contributed by atoms with van der Waals surface area (Å²) in [5.74, 6) is 0.540. The molecule has 7 heteroatoms. The number of amides is 1. The number of carbonyl (C=O) groups is 1. The van der Waals surface area contributed by atoms with Gasteiger partial charge in [0.25, 0.3) is 5.91 Å². The van der Waals surface area contributed by atoms with E-state index >= 15 is 0 Å². The van der Waals surface area contributed by atoms with Crippen molar-refractivity contribution < 1.29 is 9.53 Å². The highest BCUT2D eigenvalue weighted by Crippen LogP contribution is 2.16. The summed E-state index contributed by atoms with van der Waals surface area (Å²) in [5.41, 5.74) is 2.00. The zero-order chi connectivity index (χ0) is 20.4. The van der Waals surface area contributed by atoms with E-state index in [0.29, 0.717) is 17.8 Å². The lowest BCUT2D eigenvalue weighted by Crippen LogP contribution is -2.35. The number of nitrogens with one attached hydrogen (secondary N) is 2. The van der Waals surface area contributed by atoms with Gasteiger partial charge < -0.3 is 15.0 Å². The van der Waals surface area contributed by atoms with Crippen LogP contribution in [0.15, 0.2) is 42.6 Å². The average Bonchev–Trinajstić information content (AvgIpc) is 2.66. The van der Waals surface area contributed by atoms with Gasteiger partial charge in [-0.1, -0.05) is 19.8 Å². The molecule has 2 aromatic rings. The summed E-state index contributed by atoms with van der Waals surface area (Å²) in [4.78, 5) is 18.8. The van der Waals surface area contributed by atoms with Crippen LogP contribution >= 0.6 is 12.2 Å². The van der Waals surface area contributed by atoms with Gasteiger partial charge in [-0.3, -0.25) is 15.1 Å². The monoisotopic (exact) mass is 400 g/mol. The highest BCUT2D eigenvalue weighted by molar-refractivity contribution is 7.80. The van der Waals surface area contributed by atoms with E-state index in [9.17, 15) is 4.79 Å². The van der Waals surface area contributed by atoms with Crippen LogP contribution in [0.3, 0.4) is 0 Å². The van der Waals surface area contributed by atoms with Gasteiger partial charge in [0, 0.05) is 18.4 Å². The molecule has 28 heavy (non-hydrogen) atoms. The molecule has 0 saturated heterocycles. The van der Waals surface area contributed by atoms with Crippen LogP contribution < -0.4 is 15.4 Å². The minimum atomic E-state index is -0.279. The first-order valence-electron chi connectivity index (χ1n) is 9.43. The molecule has 0 aliphatic carbocycles. The van der Waals surface area contributed by atoms with Crippen molar-refractivity contribution in [2.24, 2.45) is 0 Å². The van der Waals surface area contributed by atoms with Gasteiger partial charge in [-0.2, -0.15) is 0 Å². The molecule has 0 atom stereocenters. The third-order valence-corrected chi connectivity index (χ3v) is 4.16. The van der Waals surface area contributed by atoms with Crippen LogP contribution in [0, 0.1) is 0 Å². The van der Waals surface area contributed by atoms with Crippen LogP contribution in [0.5, 0.6) is 5.75 Å². The molecule has 0 fully saturated rings. The van der Waals surface area contributed by atoms with Gasteiger partial charge in [-0.05, 0) is 69.1 Å². The van der Waals surface area contributed by atoms with Crippen LogP contribution in [0.1, 0.15) is 42.2 Å². The van der Waals surface area contributed by atoms with E-state index in [1.165, 1.54) is 12.8 Å². The van der Waals surface area contributed by atoms with Crippen LogP contribution in [0.25, 0.3) is 0 Å². The van der Waals surface area contributed by atoms with Gasteiger partial charge in [0.15, 0.2) is 5.11 Å². The number of pyridine rings is 1. The fourth-order valence-electron chi connectivity index (χ4n) is 2.58. The summed E-state index contributed by atoms with van der Waals surface area (Å²) in [7, 11) is 3.86. The first-order valence-corrected chi connectivity index (χ1v) is 9.84. The maximum atomic E-state index is 12.6. The highest BCUT2D eigenvalue weighted by Gasteiger charge is 2.14. The molecule has 0 saturated carbocycles. The number of rotatable bonds is 9. The number of thiocarbonyl (C=S) groups is 1. The normalized spacial score (nSPS) is 10.6. The van der Waals surface area contributed by atoms with Crippen molar-refractivity contribution in [3.05, 3.63) is 53.9 Å². The van der Waals surface area contributed by atoms with E-state index in [4.69, 9.17) is 17.0 Å². The molecule has 1 aromatic carbocycles. The van der Waals surface area contributed by atoms with Crippen molar-refractivity contribution >= 4 is 28.9 Å². The first kappa shape index (κ1) is 21.8. The predicted molar refractivity (Wildman–Crippen MR) is 117 cm³/mol. The number of aromatic nitrogens is 1. The molecule has 1 amide bonds. The molecule has 0 unspecified atom stereocenters. The summed E-state index contributed by atoms with van der Waals surface area (Å²) in [6.07, 6.45) is 5.07. The number of anilines is 1. The Hall–Kier alpha value is -2.51. The lowest BCUT2D eigenvalue weighted by molar-refractivity contribution is 0.0975. The fraction of sp³-hybridized carbons (Fsp3) is 0.381. The van der Waals surface area contributed by atoms with Crippen LogP contribution in [0.4, 0.5) is 5.69 Å². The van der Waals surface area contributed by atoms with E-state index < -0.39 is 0 Å². The molecule has 0 radical (unpaired) electrons. The lowest BCUT2D eigenvalue weighted by atomic mass is 10.1. The van der Waals surface area contributed by atoms with Gasteiger partial charge in [0.05, 0.1) is 17.9 Å². The quantitative estimate of drug-likeness (QED) is 0.492. The van der Waals surface area contributed by atoms with Crippen molar-refractivity contribution in [1.29, 1.82) is 0 Å². The van der Waals surface area contributed by atoms with Crippen LogP contribution in [-0.4, -0.2) is 41.6 Å². The maximum Gasteiger partial charge on any atom is 0.259 e. The molecule has 0 bridgehead atoms. The third-order valence-electron chi connectivity index (χ3n) is 3.96. The summed E-state index contributed by atoms with van der Waals surface area (Å²) >= 11 is 5.27. The smallest absolute Gasteiger partial charge is 0.259 e. The first-order chi connectivity index (χ1) is 13.5. The highest BCUT2D eigenvalue weighted by atomic mass is 32.1. The molecule has 0 aliphatic heterocycles. The molecular weight excluding hydrogens is 372 g/mol. The Bertz CT molecular complexity index is 778. The van der Waals surface area contributed by atoms with Crippen molar-refractivity contribution in [1.82, 2.24) is 15.2 Å². The van der Waals surface area contributed by atoms with Gasteiger partial charge in [-0.15, -0.1) is 0 Å². The van der Waals surface area contributed by atoms with Gasteiger partial charge in [0.2, 0.25) is 0 Å². The Kier molecular flexibility index (Phi) is 8.84. The van der Waals surface area contributed by atoms with E-state index in [2.05, 4.69) is 22.5 Å². The molecule has 0 spiro atoms. The molecule has 1 aromatic heterocycles. The summed E-state index contributed by atoms with van der Waals surface area (Å²) in [6.45, 7) is 3.46. The number of unbranched alkanes of at least 4 members (excludes halogenated alkanes) is 2. The van der Waals surface area contributed by atoms with E-state index in [1.54, 1.807) is 18.3 Å². The second kappa shape index (κ2) is 11.4. The lowest BCUT2D eigenvalue weighted by Gasteiger charge is -2.14. The summed E-state index contributed by atoms with van der Waals surface area (Å²) in [6, 6.07) is 11.0. The van der Waals surface area contributed by atoms with E-state index in [-0.39, 0.29) is 11.0 Å². The SMILES string of the molecule is CCCCCOc1ccc(NC(=S)NC(=O)c2cccnc2CN(C)C)cc1. The van der Waals surface area contributed by atoms with E-state index in [1.807, 2.05) is 43.3 Å². The Morgan fingerprint density at radius 3 is 2.61 bits per heavy atom. The molecule has 6 nitrogen and oxygen atoms in total. The zero-order valence-corrected chi connectivity index (χ0v) is 17.5. The van der Waals surface area contributed by atoms with Crippen LogP contribution in [0.2, 0.25) is 0 Å². The number of ether oxygens (including phenoxy) is 1. The van der Waals surface area contributed by atoms with Crippen molar-refractivity contribution in [2.75, 3.05) is 26.0 Å². The molecule has 150 valence electrons. The molecule has 1 heterocycles. The van der Waals surface area contributed by atoms with Crippen molar-refractivity contribution in [3.8, 4) is 5.75 Å². The summed E-state index contributed by atoms with van der Waals surface area (Å²) < 4.78 is 5.69. The second-order valence-corrected chi connectivity index (χ2v) is 7.13. The number of hydrogen-bond donors (Lipinski definition) is 2. The van der Waals surface area contributed by atoms with Gasteiger partial charge in [0.1, 0.15) is 5.75 Å². The zero-order valence-electron chi connectivity index (χ0n) is 16.7. The van der Waals surface area contributed by atoms with Crippen molar-refractivity contribution in [2.45, 2.75) is 32.7 Å². The molecular formula is C21H28N4O2S. The fourth-order valence-corrected chi connectivity index (χ4v) is 2.79. The Morgan fingerprint density at radius 1 is 1.18 bits per heavy atom. The topological polar surface area (TPSA) is 66.5 Å². The number of benzene rings is 1. The minimum Gasteiger partial charge on any atom is -0.494 e. The Balaban J connectivity index is 1.89. The maximum absolute atomic E-state index is 12.6. The van der Waals surface area contributed by atoms with Crippen LogP contribution in [-0.2, 0) is 6.54 Å². The van der Waals surface area contributed by atoms with E-state index in [0.717, 1.165) is 24.5 Å². The van der Waals surface area contributed by atoms with Gasteiger partial charge >= 0.3 is 0 Å². The Labute approximate surface area is 172 Å². The predicted octanol–water partition coefficient (Wildman–Crippen LogP) is 3.84. The summed E-state index contributed by atoms with van der Waals surface area (Å²) in [5, 5.41) is 5.97. The Morgan fingerprint density at radius 2 is 1.93 bits per heavy atom. The molecule has 2 rings (SSSR count). The largest absolute Gasteiger partial charge is 0.494 e. The molecule has 2 N–H and O–H groups in total. The van der Waals surface area contributed by atoms with Gasteiger partial charge in [-0.25, -0.2) is 0 Å².